The van der Waals surface area contributed by atoms with Crippen LogP contribution in [0.25, 0.3) is 0 Å². The van der Waals surface area contributed by atoms with E-state index in [-0.39, 0.29) is 11.7 Å². The number of nitrogens with zero attached hydrogens (tertiary/aromatic N) is 2. The fourth-order valence-corrected chi connectivity index (χ4v) is 2.64. The van der Waals surface area contributed by atoms with E-state index in [9.17, 15) is 5.11 Å². The summed E-state index contributed by atoms with van der Waals surface area (Å²) < 4.78 is 5.90. The average Bonchev–Trinajstić information content (AvgIpc) is 2.35. The van der Waals surface area contributed by atoms with Crippen LogP contribution < -0.4 is 4.90 Å². The van der Waals surface area contributed by atoms with Crippen molar-refractivity contribution in [3.63, 3.8) is 0 Å². The van der Waals surface area contributed by atoms with Gasteiger partial charge in [-0.3, -0.25) is 4.98 Å². The highest BCUT2D eigenvalue weighted by Crippen LogP contribution is 2.26. The van der Waals surface area contributed by atoms with Gasteiger partial charge >= 0.3 is 0 Å². The molecule has 1 unspecified atom stereocenters. The standard InChI is InChI=1S/C15H24N2O2/c1-5-14(18)13-7-6-12(8-16-13)17-9-11(2)19-15(3,4)10-17/h6-8,11,14,18H,5,9-10H2,1-4H3/t11?,14-/m0/s1. The van der Waals surface area contributed by atoms with Crippen LogP contribution in [0.1, 0.15) is 45.9 Å². The highest BCUT2D eigenvalue weighted by molar-refractivity contribution is 5.45. The fraction of sp³-hybridized carbons (Fsp3) is 0.667. The monoisotopic (exact) mass is 264 g/mol. The van der Waals surface area contributed by atoms with Crippen molar-refractivity contribution < 1.29 is 9.84 Å². The quantitative estimate of drug-likeness (QED) is 0.911. The summed E-state index contributed by atoms with van der Waals surface area (Å²) in [6.07, 6.45) is 2.29. The number of anilines is 1. The Morgan fingerprint density at radius 1 is 1.53 bits per heavy atom. The van der Waals surface area contributed by atoms with Crippen molar-refractivity contribution in [2.45, 2.75) is 51.9 Å². The van der Waals surface area contributed by atoms with E-state index in [0.29, 0.717) is 6.42 Å². The van der Waals surface area contributed by atoms with Gasteiger partial charge in [-0.15, -0.1) is 0 Å². The molecule has 2 atom stereocenters. The number of aliphatic hydroxyl groups is 1. The lowest BCUT2D eigenvalue weighted by atomic mass is 10.0. The summed E-state index contributed by atoms with van der Waals surface area (Å²) in [5.74, 6) is 0. The van der Waals surface area contributed by atoms with E-state index in [1.54, 1.807) is 0 Å². The zero-order valence-corrected chi connectivity index (χ0v) is 12.3. The van der Waals surface area contributed by atoms with Gasteiger partial charge in [0.2, 0.25) is 0 Å². The minimum absolute atomic E-state index is 0.140. The zero-order chi connectivity index (χ0) is 14.0. The smallest absolute Gasteiger partial charge is 0.0957 e. The lowest BCUT2D eigenvalue weighted by Crippen LogP contribution is -2.52. The number of hydrogen-bond acceptors (Lipinski definition) is 4. The van der Waals surface area contributed by atoms with Crippen LogP contribution in [-0.2, 0) is 4.74 Å². The van der Waals surface area contributed by atoms with Gasteiger partial charge in [0.15, 0.2) is 0 Å². The normalized spacial score (nSPS) is 24.3. The summed E-state index contributed by atoms with van der Waals surface area (Å²) in [5.41, 5.74) is 1.70. The topological polar surface area (TPSA) is 45.6 Å². The Morgan fingerprint density at radius 3 is 2.79 bits per heavy atom. The molecule has 2 heterocycles. The molecule has 2 rings (SSSR count). The Bertz CT molecular complexity index is 417. The van der Waals surface area contributed by atoms with E-state index >= 15 is 0 Å². The van der Waals surface area contributed by atoms with Crippen LogP contribution in [0.2, 0.25) is 0 Å². The SMILES string of the molecule is CC[C@H](O)c1ccc(N2CC(C)OC(C)(C)C2)cn1. The molecule has 0 bridgehead atoms. The summed E-state index contributed by atoms with van der Waals surface area (Å²) in [6.45, 7) is 10.00. The fourth-order valence-electron chi connectivity index (χ4n) is 2.64. The molecule has 1 fully saturated rings. The molecule has 0 aliphatic carbocycles. The van der Waals surface area contributed by atoms with E-state index in [1.165, 1.54) is 0 Å². The summed E-state index contributed by atoms with van der Waals surface area (Å²) in [4.78, 5) is 6.66. The van der Waals surface area contributed by atoms with Crippen LogP contribution in [0.5, 0.6) is 0 Å². The van der Waals surface area contributed by atoms with Gasteiger partial charge < -0.3 is 14.7 Å². The molecule has 0 amide bonds. The summed E-state index contributed by atoms with van der Waals surface area (Å²) in [7, 11) is 0. The van der Waals surface area contributed by atoms with Gasteiger partial charge in [0.1, 0.15) is 0 Å². The first-order valence-corrected chi connectivity index (χ1v) is 6.98. The van der Waals surface area contributed by atoms with Crippen LogP contribution >= 0.6 is 0 Å². The molecule has 0 saturated carbocycles. The van der Waals surface area contributed by atoms with Gasteiger partial charge in [-0.1, -0.05) is 6.92 Å². The Balaban J connectivity index is 2.13. The lowest BCUT2D eigenvalue weighted by Gasteiger charge is -2.42. The number of aliphatic hydroxyl groups excluding tert-OH is 1. The Morgan fingerprint density at radius 2 is 2.26 bits per heavy atom. The maximum absolute atomic E-state index is 9.76. The zero-order valence-electron chi connectivity index (χ0n) is 12.3. The van der Waals surface area contributed by atoms with Crippen molar-refractivity contribution >= 4 is 5.69 Å². The van der Waals surface area contributed by atoms with E-state index in [0.717, 1.165) is 24.5 Å². The summed E-state index contributed by atoms with van der Waals surface area (Å²) in [5, 5.41) is 9.76. The van der Waals surface area contributed by atoms with E-state index < -0.39 is 6.10 Å². The highest BCUT2D eigenvalue weighted by Gasteiger charge is 2.31. The van der Waals surface area contributed by atoms with Crippen LogP contribution in [0.15, 0.2) is 18.3 Å². The first-order valence-electron chi connectivity index (χ1n) is 6.98. The Kier molecular flexibility index (Phi) is 4.11. The second kappa shape index (κ2) is 5.47. The third-order valence-electron chi connectivity index (χ3n) is 3.43. The van der Waals surface area contributed by atoms with Crippen molar-refractivity contribution in [2.24, 2.45) is 0 Å². The van der Waals surface area contributed by atoms with Gasteiger partial charge in [-0.2, -0.15) is 0 Å². The Labute approximate surface area is 115 Å². The summed E-state index contributed by atoms with van der Waals surface area (Å²) >= 11 is 0. The molecule has 0 radical (unpaired) electrons. The van der Waals surface area contributed by atoms with E-state index in [4.69, 9.17) is 4.74 Å². The predicted molar refractivity (Wildman–Crippen MR) is 76.3 cm³/mol. The molecular weight excluding hydrogens is 240 g/mol. The molecular formula is C15H24N2O2. The first kappa shape index (κ1) is 14.3. The largest absolute Gasteiger partial charge is 0.387 e. The number of pyridine rings is 1. The van der Waals surface area contributed by atoms with Crippen molar-refractivity contribution in [3.05, 3.63) is 24.0 Å². The molecule has 1 aliphatic rings. The van der Waals surface area contributed by atoms with Crippen molar-refractivity contribution in [3.8, 4) is 0 Å². The van der Waals surface area contributed by atoms with Crippen LogP contribution in [0.3, 0.4) is 0 Å². The number of aromatic nitrogens is 1. The minimum atomic E-state index is -0.464. The van der Waals surface area contributed by atoms with Crippen LogP contribution in [-0.4, -0.2) is 34.9 Å². The second-order valence-corrected chi connectivity index (χ2v) is 5.93. The molecule has 0 spiro atoms. The molecule has 0 aromatic carbocycles. The molecule has 19 heavy (non-hydrogen) atoms. The average molecular weight is 264 g/mol. The van der Waals surface area contributed by atoms with Crippen molar-refractivity contribution in [2.75, 3.05) is 18.0 Å². The maximum atomic E-state index is 9.76. The number of rotatable bonds is 3. The molecule has 4 nitrogen and oxygen atoms in total. The Hall–Kier alpha value is -1.13. The molecule has 1 aliphatic heterocycles. The van der Waals surface area contributed by atoms with E-state index in [1.807, 2.05) is 25.3 Å². The van der Waals surface area contributed by atoms with Gasteiger partial charge in [-0.05, 0) is 39.3 Å². The van der Waals surface area contributed by atoms with Crippen molar-refractivity contribution in [1.29, 1.82) is 0 Å². The molecule has 1 N–H and O–H groups in total. The number of hydrogen-bond donors (Lipinski definition) is 1. The van der Waals surface area contributed by atoms with Gasteiger partial charge in [-0.25, -0.2) is 0 Å². The lowest BCUT2D eigenvalue weighted by molar-refractivity contribution is -0.0749. The number of morpholine rings is 1. The van der Waals surface area contributed by atoms with Crippen LogP contribution in [0.4, 0.5) is 5.69 Å². The molecule has 1 aromatic heterocycles. The summed E-state index contributed by atoms with van der Waals surface area (Å²) in [6, 6.07) is 3.95. The first-order chi connectivity index (χ1) is 8.91. The highest BCUT2D eigenvalue weighted by atomic mass is 16.5. The van der Waals surface area contributed by atoms with Gasteiger partial charge in [0.25, 0.3) is 0 Å². The molecule has 1 aromatic rings. The number of ether oxygens (including phenoxy) is 1. The van der Waals surface area contributed by atoms with Gasteiger partial charge in [0, 0.05) is 13.1 Å². The second-order valence-electron chi connectivity index (χ2n) is 5.93. The third-order valence-corrected chi connectivity index (χ3v) is 3.43. The molecule has 4 heteroatoms. The van der Waals surface area contributed by atoms with Gasteiger partial charge in [0.05, 0.1) is 35.4 Å². The molecule has 106 valence electrons. The third kappa shape index (κ3) is 3.45. The maximum Gasteiger partial charge on any atom is 0.0957 e. The van der Waals surface area contributed by atoms with Crippen molar-refractivity contribution in [1.82, 2.24) is 4.98 Å². The van der Waals surface area contributed by atoms with Crippen LogP contribution in [0, 0.1) is 0 Å². The minimum Gasteiger partial charge on any atom is -0.387 e. The van der Waals surface area contributed by atoms with E-state index in [2.05, 4.69) is 30.7 Å². The predicted octanol–water partition coefficient (Wildman–Crippen LogP) is 2.53. The molecule has 1 saturated heterocycles.